The van der Waals surface area contributed by atoms with Gasteiger partial charge >= 0.3 is 0 Å². The van der Waals surface area contributed by atoms with Crippen LogP contribution in [0, 0.1) is 5.82 Å². The first-order valence-corrected chi connectivity index (χ1v) is 9.55. The Morgan fingerprint density at radius 1 is 1.13 bits per heavy atom. The maximum absolute atomic E-state index is 13.3. The molecule has 3 rings (SSSR count). The zero-order chi connectivity index (χ0) is 20.5. The van der Waals surface area contributed by atoms with Gasteiger partial charge in [-0.05, 0) is 36.2 Å². The molecule has 1 unspecified atom stereocenters. The second-order valence-corrected chi connectivity index (χ2v) is 6.66. The van der Waals surface area contributed by atoms with Crippen LogP contribution in [0.3, 0.4) is 0 Å². The first kappa shape index (κ1) is 23.7. The molecule has 0 aliphatic rings. The van der Waals surface area contributed by atoms with Crippen molar-refractivity contribution in [1.82, 2.24) is 20.4 Å². The van der Waals surface area contributed by atoms with E-state index in [4.69, 9.17) is 4.74 Å². The van der Waals surface area contributed by atoms with Crippen molar-refractivity contribution in [2.24, 2.45) is 4.99 Å². The number of aromatic nitrogens is 2. The van der Waals surface area contributed by atoms with Gasteiger partial charge in [0.2, 0.25) is 0 Å². The molecular formula is C22H27FIN5O. The van der Waals surface area contributed by atoms with Crippen LogP contribution in [-0.4, -0.2) is 35.4 Å². The lowest BCUT2D eigenvalue weighted by Gasteiger charge is -2.18. The molecule has 8 heteroatoms. The van der Waals surface area contributed by atoms with Gasteiger partial charge in [0.1, 0.15) is 17.7 Å². The summed E-state index contributed by atoms with van der Waals surface area (Å²) in [6.07, 6.45) is 3.58. The van der Waals surface area contributed by atoms with Gasteiger partial charge in [-0.1, -0.05) is 30.3 Å². The van der Waals surface area contributed by atoms with Crippen molar-refractivity contribution in [3.63, 3.8) is 0 Å². The van der Waals surface area contributed by atoms with E-state index < -0.39 is 0 Å². The highest BCUT2D eigenvalue weighted by atomic mass is 127. The normalized spacial score (nSPS) is 12.0. The maximum atomic E-state index is 13.3. The summed E-state index contributed by atoms with van der Waals surface area (Å²) in [5, 5.41) is 10.8. The summed E-state index contributed by atoms with van der Waals surface area (Å²) in [7, 11) is 1.73. The minimum atomic E-state index is -0.311. The lowest BCUT2D eigenvalue weighted by atomic mass is 10.1. The molecule has 1 atom stereocenters. The van der Waals surface area contributed by atoms with Crippen molar-refractivity contribution < 1.29 is 9.13 Å². The van der Waals surface area contributed by atoms with Gasteiger partial charge < -0.3 is 15.4 Å². The monoisotopic (exact) mass is 523 g/mol. The summed E-state index contributed by atoms with van der Waals surface area (Å²) >= 11 is 0. The van der Waals surface area contributed by atoms with Crippen molar-refractivity contribution in [3.8, 4) is 5.75 Å². The first-order chi connectivity index (χ1) is 14.1. The van der Waals surface area contributed by atoms with Crippen molar-refractivity contribution in [2.45, 2.75) is 26.1 Å². The third-order valence-corrected chi connectivity index (χ3v) is 4.37. The Kier molecular flexibility index (Phi) is 9.59. The van der Waals surface area contributed by atoms with Gasteiger partial charge in [0, 0.05) is 32.1 Å². The molecule has 1 heterocycles. The van der Waals surface area contributed by atoms with Crippen molar-refractivity contribution in [2.75, 3.05) is 13.6 Å². The maximum Gasteiger partial charge on any atom is 0.191 e. The van der Waals surface area contributed by atoms with Crippen LogP contribution in [0.4, 0.5) is 4.39 Å². The Morgan fingerprint density at radius 3 is 2.63 bits per heavy atom. The number of nitrogens with zero attached hydrogens (tertiary/aromatic N) is 3. The molecule has 30 heavy (non-hydrogen) atoms. The average Bonchev–Trinajstić information content (AvgIpc) is 3.22. The summed E-state index contributed by atoms with van der Waals surface area (Å²) in [4.78, 5) is 4.26. The second kappa shape index (κ2) is 12.2. The van der Waals surface area contributed by atoms with E-state index in [1.165, 1.54) is 23.3 Å². The van der Waals surface area contributed by atoms with Crippen LogP contribution in [0.1, 0.15) is 18.1 Å². The van der Waals surface area contributed by atoms with Gasteiger partial charge in [-0.25, -0.2) is 4.39 Å². The molecule has 0 saturated heterocycles. The molecular weight excluding hydrogens is 496 g/mol. The number of nitrogens with one attached hydrogen (secondary N) is 2. The zero-order valence-corrected chi connectivity index (χ0v) is 19.4. The minimum Gasteiger partial charge on any atom is -0.489 e. The second-order valence-electron chi connectivity index (χ2n) is 6.66. The van der Waals surface area contributed by atoms with Crippen LogP contribution in [0.25, 0.3) is 0 Å². The zero-order valence-electron chi connectivity index (χ0n) is 17.1. The highest BCUT2D eigenvalue weighted by Crippen LogP contribution is 2.13. The molecule has 3 aromatic rings. The molecule has 160 valence electrons. The fourth-order valence-corrected chi connectivity index (χ4v) is 2.91. The fourth-order valence-electron chi connectivity index (χ4n) is 2.91. The highest BCUT2D eigenvalue weighted by molar-refractivity contribution is 14.0. The van der Waals surface area contributed by atoms with Crippen LogP contribution in [-0.2, 0) is 13.1 Å². The molecule has 2 N–H and O–H groups in total. The number of hydrogen-bond acceptors (Lipinski definition) is 3. The predicted octanol–water partition coefficient (Wildman–Crippen LogP) is 3.82. The van der Waals surface area contributed by atoms with E-state index in [1.54, 1.807) is 25.4 Å². The van der Waals surface area contributed by atoms with Crippen LogP contribution >= 0.6 is 24.0 Å². The summed E-state index contributed by atoms with van der Waals surface area (Å²) in [6.45, 7) is 3.81. The van der Waals surface area contributed by atoms with Gasteiger partial charge in [-0.3, -0.25) is 9.67 Å². The van der Waals surface area contributed by atoms with E-state index in [2.05, 4.69) is 32.9 Å². The van der Waals surface area contributed by atoms with Crippen LogP contribution in [0.15, 0.2) is 72.0 Å². The summed E-state index contributed by atoms with van der Waals surface area (Å²) in [6, 6.07) is 16.3. The van der Waals surface area contributed by atoms with E-state index in [0.29, 0.717) is 24.8 Å². The van der Waals surface area contributed by atoms with E-state index in [-0.39, 0.29) is 35.9 Å². The number of guanidine groups is 1. The quantitative estimate of drug-likeness (QED) is 0.268. The van der Waals surface area contributed by atoms with Crippen molar-refractivity contribution >= 4 is 29.9 Å². The molecule has 0 aliphatic heterocycles. The fraction of sp³-hybridized carbons (Fsp3) is 0.273. The Bertz CT molecular complexity index is 933. The van der Waals surface area contributed by atoms with Gasteiger partial charge in [0.05, 0.1) is 13.1 Å². The van der Waals surface area contributed by atoms with Gasteiger partial charge in [-0.2, -0.15) is 5.10 Å². The summed E-state index contributed by atoms with van der Waals surface area (Å²) < 4.78 is 20.9. The molecule has 0 fully saturated rings. The predicted molar refractivity (Wildman–Crippen MR) is 128 cm³/mol. The summed E-state index contributed by atoms with van der Waals surface area (Å²) in [5.41, 5.74) is 2.37. The van der Waals surface area contributed by atoms with Crippen molar-refractivity contribution in [1.29, 1.82) is 0 Å². The number of aliphatic imine (C=N–C) groups is 1. The van der Waals surface area contributed by atoms with E-state index in [1.807, 2.05) is 36.0 Å². The highest BCUT2D eigenvalue weighted by Gasteiger charge is 2.08. The van der Waals surface area contributed by atoms with Gasteiger partial charge in [0.15, 0.2) is 5.96 Å². The van der Waals surface area contributed by atoms with Crippen LogP contribution in [0.2, 0.25) is 0 Å². The number of benzene rings is 2. The Hall–Kier alpha value is -2.62. The third kappa shape index (κ3) is 7.33. The largest absolute Gasteiger partial charge is 0.489 e. The van der Waals surface area contributed by atoms with E-state index >= 15 is 0 Å². The molecule has 1 aromatic heterocycles. The molecule has 0 aliphatic carbocycles. The number of rotatable bonds is 8. The van der Waals surface area contributed by atoms with Crippen LogP contribution < -0.4 is 15.4 Å². The smallest absolute Gasteiger partial charge is 0.191 e. The first-order valence-electron chi connectivity index (χ1n) is 9.55. The molecule has 0 amide bonds. The average molecular weight is 523 g/mol. The Morgan fingerprint density at radius 2 is 1.93 bits per heavy atom. The minimum absolute atomic E-state index is 0. The molecule has 2 aromatic carbocycles. The topological polar surface area (TPSA) is 63.5 Å². The third-order valence-electron chi connectivity index (χ3n) is 4.37. The number of hydrogen-bond donors (Lipinski definition) is 2. The number of ether oxygens (including phenoxy) is 1. The van der Waals surface area contributed by atoms with Crippen LogP contribution in [0.5, 0.6) is 5.75 Å². The lowest BCUT2D eigenvalue weighted by Crippen LogP contribution is -2.41. The Labute approximate surface area is 193 Å². The molecule has 0 radical (unpaired) electrons. The molecule has 0 saturated carbocycles. The van der Waals surface area contributed by atoms with Crippen molar-refractivity contribution in [3.05, 3.63) is 83.9 Å². The number of halogens is 2. The lowest BCUT2D eigenvalue weighted by molar-refractivity contribution is 0.223. The summed E-state index contributed by atoms with van der Waals surface area (Å²) in [5.74, 6) is 0.872. The molecule has 0 spiro atoms. The van der Waals surface area contributed by atoms with Gasteiger partial charge in [-0.15, -0.1) is 24.0 Å². The van der Waals surface area contributed by atoms with Gasteiger partial charge in [0.25, 0.3) is 0 Å². The Balaban J connectivity index is 0.00000320. The standard InChI is InChI=1S/C22H26FN5O.HI/c1-17(29-21-10-5-9-20(23)13-21)14-25-22(24-2)26-15-18-7-3-4-8-19(18)16-28-12-6-11-27-28;/h3-13,17H,14-16H2,1-2H3,(H2,24,25,26);1H. The molecule has 6 nitrogen and oxygen atoms in total. The van der Waals surface area contributed by atoms with E-state index in [0.717, 1.165) is 6.54 Å². The SMILES string of the molecule is CN=C(NCc1ccccc1Cn1cccn1)NCC(C)Oc1cccc(F)c1.I. The van der Waals surface area contributed by atoms with E-state index in [9.17, 15) is 4.39 Å². The molecule has 0 bridgehead atoms.